The minimum atomic E-state index is -3.03. The molecule has 1 aromatic heterocycles. The van der Waals surface area contributed by atoms with Gasteiger partial charge in [-0.3, -0.25) is 4.79 Å². The van der Waals surface area contributed by atoms with Crippen molar-refractivity contribution in [2.45, 2.75) is 52.7 Å². The molecule has 0 aliphatic rings. The fourth-order valence-electron chi connectivity index (χ4n) is 3.54. The smallest absolute Gasteiger partial charge is 0.387 e. The van der Waals surface area contributed by atoms with Gasteiger partial charge < -0.3 is 19.5 Å². The molecule has 6 nitrogen and oxygen atoms in total. The first-order valence-electron chi connectivity index (χ1n) is 11.5. The lowest BCUT2D eigenvalue weighted by Crippen LogP contribution is -2.17. The summed E-state index contributed by atoms with van der Waals surface area (Å²) in [6.45, 7) is 4.75. The van der Waals surface area contributed by atoms with Crippen LogP contribution in [0.2, 0.25) is 0 Å². The highest BCUT2D eigenvalue weighted by molar-refractivity contribution is 7.15. The molecule has 0 spiro atoms. The molecular weight excluding hydrogens is 488 g/mol. The average molecular weight is 518 g/mol. The van der Waals surface area contributed by atoms with Crippen LogP contribution >= 0.6 is 11.3 Å². The average Bonchev–Trinajstić information content (AvgIpc) is 3.26. The highest BCUT2D eigenvalue weighted by atomic mass is 32.1. The monoisotopic (exact) mass is 517 g/mol. The van der Waals surface area contributed by atoms with Crippen LogP contribution in [0.4, 0.5) is 13.8 Å². The molecule has 0 aliphatic heterocycles. The maximum Gasteiger partial charge on any atom is 0.387 e. The zero-order chi connectivity index (χ0) is 26.4. The SMILES string of the molecule is CC[C@H](C)c1ccc(-c2csc(NC(=O)c3ccc(OC(F)F)c(OC)c3)c2C(=O)OC(C)C)cc1. The second kappa shape index (κ2) is 12.0. The molecule has 0 saturated heterocycles. The predicted octanol–water partition coefficient (Wildman–Crippen LogP) is 7.36. The highest BCUT2D eigenvalue weighted by Crippen LogP contribution is 2.38. The lowest BCUT2D eigenvalue weighted by molar-refractivity contribution is -0.0512. The summed E-state index contributed by atoms with van der Waals surface area (Å²) in [6.07, 6.45) is 0.660. The lowest BCUT2D eigenvalue weighted by Gasteiger charge is -2.13. The maximum atomic E-state index is 13.0. The van der Waals surface area contributed by atoms with Crippen molar-refractivity contribution >= 4 is 28.2 Å². The fourth-order valence-corrected chi connectivity index (χ4v) is 4.49. The Morgan fingerprint density at radius 2 is 1.72 bits per heavy atom. The summed E-state index contributed by atoms with van der Waals surface area (Å²) >= 11 is 1.20. The van der Waals surface area contributed by atoms with E-state index in [0.29, 0.717) is 16.5 Å². The molecule has 1 heterocycles. The molecule has 3 rings (SSSR count). The van der Waals surface area contributed by atoms with E-state index in [1.807, 2.05) is 24.3 Å². The number of carbonyl (C=O) groups is 2. The molecule has 0 bridgehead atoms. The molecule has 1 amide bonds. The van der Waals surface area contributed by atoms with Crippen LogP contribution in [0.15, 0.2) is 47.8 Å². The molecule has 1 atom stereocenters. The maximum absolute atomic E-state index is 13.0. The van der Waals surface area contributed by atoms with Gasteiger partial charge in [0.25, 0.3) is 5.91 Å². The fraction of sp³-hybridized carbons (Fsp3) is 0.333. The number of esters is 1. The molecule has 0 saturated carbocycles. The van der Waals surface area contributed by atoms with Crippen molar-refractivity contribution in [1.82, 2.24) is 0 Å². The van der Waals surface area contributed by atoms with Gasteiger partial charge >= 0.3 is 12.6 Å². The van der Waals surface area contributed by atoms with Gasteiger partial charge in [-0.2, -0.15) is 8.78 Å². The van der Waals surface area contributed by atoms with Crippen LogP contribution in [0.1, 0.15) is 66.3 Å². The zero-order valence-electron chi connectivity index (χ0n) is 20.8. The number of rotatable bonds is 10. The largest absolute Gasteiger partial charge is 0.493 e. The molecular formula is C27H29F2NO5S. The Hall–Kier alpha value is -3.46. The number of anilines is 1. The van der Waals surface area contributed by atoms with E-state index < -0.39 is 18.5 Å². The topological polar surface area (TPSA) is 73.9 Å². The van der Waals surface area contributed by atoms with E-state index in [1.165, 1.54) is 42.2 Å². The molecule has 0 fully saturated rings. The van der Waals surface area contributed by atoms with E-state index >= 15 is 0 Å². The number of hydrogen-bond donors (Lipinski definition) is 1. The number of nitrogens with one attached hydrogen (secondary N) is 1. The summed E-state index contributed by atoms with van der Waals surface area (Å²) in [4.78, 5) is 26.1. The van der Waals surface area contributed by atoms with Crippen LogP contribution in [-0.4, -0.2) is 31.7 Å². The predicted molar refractivity (Wildman–Crippen MR) is 137 cm³/mol. The molecule has 2 aromatic carbocycles. The molecule has 36 heavy (non-hydrogen) atoms. The van der Waals surface area contributed by atoms with E-state index in [1.54, 1.807) is 19.2 Å². The number of amides is 1. The first-order chi connectivity index (χ1) is 17.1. The Labute approximate surface area is 213 Å². The van der Waals surface area contributed by atoms with Gasteiger partial charge in [0, 0.05) is 16.5 Å². The number of methoxy groups -OCH3 is 1. The molecule has 192 valence electrons. The Balaban J connectivity index is 1.95. The molecule has 1 N–H and O–H groups in total. The van der Waals surface area contributed by atoms with Crippen molar-refractivity contribution in [2.75, 3.05) is 12.4 Å². The van der Waals surface area contributed by atoms with Gasteiger partial charge in [0.2, 0.25) is 0 Å². The van der Waals surface area contributed by atoms with Crippen molar-refractivity contribution in [2.24, 2.45) is 0 Å². The van der Waals surface area contributed by atoms with Crippen LogP contribution < -0.4 is 14.8 Å². The number of hydrogen-bond acceptors (Lipinski definition) is 6. The minimum absolute atomic E-state index is 0.0179. The molecule has 9 heteroatoms. The molecule has 0 unspecified atom stereocenters. The van der Waals surface area contributed by atoms with Crippen LogP contribution in [0, 0.1) is 0 Å². The quantitative estimate of drug-likeness (QED) is 0.285. The summed E-state index contributed by atoms with van der Waals surface area (Å²) in [5.74, 6) is -0.895. The summed E-state index contributed by atoms with van der Waals surface area (Å²) < 4.78 is 40.2. The van der Waals surface area contributed by atoms with Gasteiger partial charge in [-0.25, -0.2) is 4.79 Å². The van der Waals surface area contributed by atoms with E-state index in [4.69, 9.17) is 9.47 Å². The van der Waals surface area contributed by atoms with Gasteiger partial charge in [0.1, 0.15) is 10.6 Å². The minimum Gasteiger partial charge on any atom is -0.493 e. The number of ether oxygens (including phenoxy) is 3. The van der Waals surface area contributed by atoms with Crippen molar-refractivity contribution in [3.8, 4) is 22.6 Å². The zero-order valence-corrected chi connectivity index (χ0v) is 21.6. The van der Waals surface area contributed by atoms with E-state index in [2.05, 4.69) is 23.9 Å². The Morgan fingerprint density at radius 3 is 2.31 bits per heavy atom. The third-order valence-corrected chi connectivity index (χ3v) is 6.51. The third-order valence-electron chi connectivity index (χ3n) is 5.61. The first-order valence-corrected chi connectivity index (χ1v) is 12.4. The van der Waals surface area contributed by atoms with Crippen molar-refractivity contribution in [1.29, 1.82) is 0 Å². The summed E-state index contributed by atoms with van der Waals surface area (Å²) in [7, 11) is 1.29. The van der Waals surface area contributed by atoms with Crippen molar-refractivity contribution in [3.63, 3.8) is 0 Å². The second-order valence-corrected chi connectivity index (χ2v) is 9.32. The van der Waals surface area contributed by atoms with Gasteiger partial charge in [-0.05, 0) is 55.5 Å². The van der Waals surface area contributed by atoms with Crippen LogP contribution in [0.25, 0.3) is 11.1 Å². The van der Waals surface area contributed by atoms with Crippen LogP contribution in [-0.2, 0) is 4.74 Å². The second-order valence-electron chi connectivity index (χ2n) is 8.44. The van der Waals surface area contributed by atoms with E-state index in [-0.39, 0.29) is 28.7 Å². The van der Waals surface area contributed by atoms with Crippen LogP contribution in [0.5, 0.6) is 11.5 Å². The normalized spacial score (nSPS) is 11.9. The third kappa shape index (κ3) is 6.40. The lowest BCUT2D eigenvalue weighted by atomic mass is 9.95. The Morgan fingerprint density at radius 1 is 1.03 bits per heavy atom. The molecule has 3 aromatic rings. The van der Waals surface area contributed by atoms with Crippen molar-refractivity contribution in [3.05, 3.63) is 64.5 Å². The number of alkyl halides is 2. The Bertz CT molecular complexity index is 1210. The van der Waals surface area contributed by atoms with Gasteiger partial charge in [-0.1, -0.05) is 38.1 Å². The number of carbonyl (C=O) groups excluding carboxylic acids is 2. The summed E-state index contributed by atoms with van der Waals surface area (Å²) in [5.41, 5.74) is 3.07. The van der Waals surface area contributed by atoms with E-state index in [9.17, 15) is 18.4 Å². The number of halogens is 2. The highest BCUT2D eigenvalue weighted by Gasteiger charge is 2.25. The van der Waals surface area contributed by atoms with Crippen LogP contribution in [0.3, 0.4) is 0 Å². The first kappa shape index (κ1) is 27.1. The standard InChI is InChI=1S/C27H29F2NO5S/c1-6-16(4)17-7-9-18(10-8-17)20-14-36-25(23(20)26(32)34-15(2)3)30-24(31)19-11-12-21(35-27(28)29)22(13-19)33-5/h7-16,27H,6H2,1-5H3,(H,30,31)/t16-/m0/s1. The van der Waals surface area contributed by atoms with Gasteiger partial charge in [0.05, 0.1) is 13.2 Å². The summed E-state index contributed by atoms with van der Waals surface area (Å²) in [6, 6.07) is 11.8. The van der Waals surface area contributed by atoms with E-state index in [0.717, 1.165) is 12.0 Å². The Kier molecular flexibility index (Phi) is 9.03. The van der Waals surface area contributed by atoms with Crippen molar-refractivity contribution < 1.29 is 32.6 Å². The number of benzene rings is 2. The molecule has 0 radical (unpaired) electrons. The number of thiophene rings is 1. The van der Waals surface area contributed by atoms with Gasteiger partial charge in [0.15, 0.2) is 11.5 Å². The molecule has 0 aliphatic carbocycles. The summed E-state index contributed by atoms with van der Waals surface area (Å²) in [5, 5.41) is 4.87. The van der Waals surface area contributed by atoms with Gasteiger partial charge in [-0.15, -0.1) is 11.3 Å².